The number of rotatable bonds is 3. The Morgan fingerprint density at radius 2 is 2.29 bits per heavy atom. The zero-order valence-corrected chi connectivity index (χ0v) is 9.23. The monoisotopic (exact) mass is 233 g/mol. The number of aromatic nitrogens is 3. The van der Waals surface area contributed by atoms with E-state index in [9.17, 15) is 0 Å². The topological polar surface area (TPSA) is 85.1 Å². The average Bonchev–Trinajstić information content (AvgIpc) is 2.94. The van der Waals surface area contributed by atoms with Crippen LogP contribution in [-0.4, -0.2) is 21.8 Å². The number of hydrogen-bond donors (Lipinski definition) is 2. The molecule has 0 aliphatic carbocycles. The first kappa shape index (κ1) is 9.88. The van der Waals surface area contributed by atoms with Gasteiger partial charge in [0.2, 0.25) is 17.6 Å². The van der Waals surface area contributed by atoms with Crippen molar-refractivity contribution < 1.29 is 9.26 Å². The fraction of sp³-hybridized carbons (Fsp3) is 0.300. The van der Waals surface area contributed by atoms with Crippen LogP contribution in [0.1, 0.15) is 11.7 Å². The third-order valence-electron chi connectivity index (χ3n) is 2.32. The average molecular weight is 233 g/mol. The fourth-order valence-electron chi connectivity index (χ4n) is 1.56. The van der Waals surface area contributed by atoms with Crippen LogP contribution in [0.3, 0.4) is 0 Å². The first-order chi connectivity index (χ1) is 8.31. The van der Waals surface area contributed by atoms with Crippen LogP contribution in [0.5, 0.6) is 5.88 Å². The number of fused-ring (bicyclic) bond motifs is 1. The third kappa shape index (κ3) is 1.99. The van der Waals surface area contributed by atoms with E-state index in [2.05, 4.69) is 25.8 Å². The van der Waals surface area contributed by atoms with Gasteiger partial charge in [-0.05, 0) is 6.07 Å². The minimum atomic E-state index is 0.247. The quantitative estimate of drug-likeness (QED) is 0.822. The third-order valence-corrected chi connectivity index (χ3v) is 2.32. The Morgan fingerprint density at radius 3 is 3.12 bits per heavy atom. The van der Waals surface area contributed by atoms with E-state index in [0.717, 1.165) is 11.5 Å². The lowest BCUT2D eigenvalue weighted by Crippen LogP contribution is -2.01. The van der Waals surface area contributed by atoms with E-state index in [-0.39, 0.29) is 6.61 Å². The number of nitrogens with zero attached hydrogens (tertiary/aromatic N) is 3. The molecule has 7 nitrogen and oxygen atoms in total. The summed E-state index contributed by atoms with van der Waals surface area (Å²) >= 11 is 0. The summed E-state index contributed by atoms with van der Waals surface area (Å²) in [6, 6.07) is 3.71. The Balaban J connectivity index is 1.69. The van der Waals surface area contributed by atoms with Gasteiger partial charge in [-0.3, -0.25) is 0 Å². The molecule has 0 bridgehead atoms. The lowest BCUT2D eigenvalue weighted by molar-refractivity contribution is 0.276. The van der Waals surface area contributed by atoms with Crippen LogP contribution in [-0.2, 0) is 6.61 Å². The van der Waals surface area contributed by atoms with Crippen molar-refractivity contribution >= 4 is 11.5 Å². The van der Waals surface area contributed by atoms with Crippen molar-refractivity contribution in [1.29, 1.82) is 0 Å². The van der Waals surface area contributed by atoms with Gasteiger partial charge in [0.25, 0.3) is 0 Å². The maximum Gasteiger partial charge on any atom is 0.223 e. The van der Waals surface area contributed by atoms with Gasteiger partial charge in [-0.25, -0.2) is 0 Å². The van der Waals surface area contributed by atoms with E-state index in [1.54, 1.807) is 13.0 Å². The van der Waals surface area contributed by atoms with Crippen molar-refractivity contribution in [1.82, 2.24) is 15.1 Å². The van der Waals surface area contributed by atoms with Crippen LogP contribution in [0.4, 0.5) is 11.5 Å². The summed E-state index contributed by atoms with van der Waals surface area (Å²) in [6.45, 7) is 2.67. The summed E-state index contributed by atoms with van der Waals surface area (Å²) < 4.78 is 10.3. The molecule has 2 aromatic heterocycles. The summed E-state index contributed by atoms with van der Waals surface area (Å²) in [4.78, 5) is 8.33. The second-order valence-corrected chi connectivity index (χ2v) is 3.59. The van der Waals surface area contributed by atoms with E-state index < -0.39 is 0 Å². The smallest absolute Gasteiger partial charge is 0.223 e. The summed E-state index contributed by atoms with van der Waals surface area (Å²) in [5, 5.41) is 9.96. The number of ether oxygens (including phenoxy) is 1. The second kappa shape index (κ2) is 3.93. The van der Waals surface area contributed by atoms with Crippen LogP contribution in [0.2, 0.25) is 0 Å². The normalized spacial score (nSPS) is 12.8. The molecular formula is C10H11N5O2. The molecule has 7 heteroatoms. The Morgan fingerprint density at radius 1 is 1.35 bits per heavy atom. The molecule has 0 fully saturated rings. The molecule has 2 aromatic rings. The highest BCUT2D eigenvalue weighted by molar-refractivity contribution is 5.69. The molecule has 0 radical (unpaired) electrons. The van der Waals surface area contributed by atoms with Crippen molar-refractivity contribution in [2.45, 2.75) is 13.5 Å². The Bertz CT molecular complexity index is 539. The zero-order valence-electron chi connectivity index (χ0n) is 9.23. The highest BCUT2D eigenvalue weighted by Crippen LogP contribution is 2.26. The molecule has 3 rings (SSSR count). The van der Waals surface area contributed by atoms with E-state index in [1.807, 2.05) is 6.07 Å². The molecular weight excluding hydrogens is 222 g/mol. The van der Waals surface area contributed by atoms with Gasteiger partial charge in [0, 0.05) is 13.0 Å². The number of pyridine rings is 1. The molecule has 0 amide bonds. The predicted molar refractivity (Wildman–Crippen MR) is 59.7 cm³/mol. The van der Waals surface area contributed by atoms with Gasteiger partial charge in [0.05, 0.1) is 12.4 Å². The van der Waals surface area contributed by atoms with Gasteiger partial charge in [0.15, 0.2) is 12.4 Å². The van der Waals surface area contributed by atoms with Gasteiger partial charge in [-0.2, -0.15) is 9.97 Å². The molecule has 0 atom stereocenters. The maximum absolute atomic E-state index is 5.47. The molecule has 1 aliphatic rings. The Hall–Kier alpha value is -2.31. The van der Waals surface area contributed by atoms with Crippen LogP contribution in [0.15, 0.2) is 16.7 Å². The largest absolute Gasteiger partial charge is 0.469 e. The summed E-state index contributed by atoms with van der Waals surface area (Å²) in [5.74, 6) is 2.36. The van der Waals surface area contributed by atoms with Crippen LogP contribution < -0.4 is 15.4 Å². The van der Waals surface area contributed by atoms with E-state index in [1.165, 1.54) is 0 Å². The Kier molecular flexibility index (Phi) is 2.28. The van der Waals surface area contributed by atoms with Crippen LogP contribution >= 0.6 is 0 Å². The van der Waals surface area contributed by atoms with Crippen molar-refractivity contribution in [3.8, 4) is 5.88 Å². The molecule has 0 spiro atoms. The van der Waals surface area contributed by atoms with Crippen LogP contribution in [0.25, 0.3) is 0 Å². The molecule has 0 unspecified atom stereocenters. The molecule has 17 heavy (non-hydrogen) atoms. The molecule has 1 aliphatic heterocycles. The molecule has 88 valence electrons. The van der Waals surface area contributed by atoms with E-state index >= 15 is 0 Å². The number of anilines is 2. The number of nitrogens with one attached hydrogen (secondary N) is 2. The summed E-state index contributed by atoms with van der Waals surface area (Å²) in [7, 11) is 0. The highest BCUT2D eigenvalue weighted by Gasteiger charge is 2.11. The first-order valence-electron chi connectivity index (χ1n) is 5.22. The van der Waals surface area contributed by atoms with Crippen molar-refractivity contribution in [2.75, 3.05) is 17.3 Å². The predicted octanol–water partition coefficient (Wildman–Crippen LogP) is 1.15. The minimum absolute atomic E-state index is 0.247. The van der Waals surface area contributed by atoms with Crippen molar-refractivity contribution in [2.24, 2.45) is 0 Å². The SMILES string of the molecule is Cc1nc(COc2ccc3c(n2)NCN3)no1. The summed E-state index contributed by atoms with van der Waals surface area (Å²) in [5.41, 5.74) is 0.979. The number of aryl methyl sites for hydroxylation is 1. The lowest BCUT2D eigenvalue weighted by Gasteiger charge is -2.03. The highest BCUT2D eigenvalue weighted by atomic mass is 16.5. The lowest BCUT2D eigenvalue weighted by atomic mass is 10.4. The first-order valence-corrected chi connectivity index (χ1v) is 5.22. The van der Waals surface area contributed by atoms with Gasteiger partial charge in [-0.15, -0.1) is 0 Å². The fourth-order valence-corrected chi connectivity index (χ4v) is 1.56. The molecule has 2 N–H and O–H groups in total. The maximum atomic E-state index is 5.47. The standard InChI is InChI=1S/C10H11N5O2/c1-6-13-8(15-17-6)4-16-9-3-2-7-10(14-9)12-5-11-7/h2-3,11H,4-5H2,1H3,(H,12,14). The molecule has 3 heterocycles. The van der Waals surface area contributed by atoms with E-state index in [4.69, 9.17) is 9.26 Å². The molecule has 0 saturated heterocycles. The van der Waals surface area contributed by atoms with E-state index in [0.29, 0.717) is 24.3 Å². The Labute approximate surface area is 97.2 Å². The molecule has 0 aromatic carbocycles. The van der Waals surface area contributed by atoms with Gasteiger partial charge < -0.3 is 19.9 Å². The second-order valence-electron chi connectivity index (χ2n) is 3.59. The van der Waals surface area contributed by atoms with Gasteiger partial charge in [0.1, 0.15) is 0 Å². The zero-order chi connectivity index (χ0) is 11.7. The number of hydrogen-bond acceptors (Lipinski definition) is 7. The molecule has 0 saturated carbocycles. The van der Waals surface area contributed by atoms with Gasteiger partial charge in [-0.1, -0.05) is 5.16 Å². The minimum Gasteiger partial charge on any atom is -0.469 e. The summed E-state index contributed by atoms with van der Waals surface area (Å²) in [6.07, 6.45) is 0. The van der Waals surface area contributed by atoms with Crippen molar-refractivity contribution in [3.05, 3.63) is 23.8 Å². The van der Waals surface area contributed by atoms with Gasteiger partial charge >= 0.3 is 0 Å². The van der Waals surface area contributed by atoms with Crippen molar-refractivity contribution in [3.63, 3.8) is 0 Å². The van der Waals surface area contributed by atoms with Crippen LogP contribution in [0, 0.1) is 6.92 Å².